The summed E-state index contributed by atoms with van der Waals surface area (Å²) in [6.45, 7) is -0.0468. The number of nitrogens with zero attached hydrogens (tertiary/aromatic N) is 2. The van der Waals surface area contributed by atoms with E-state index in [1.54, 1.807) is 6.07 Å². The lowest BCUT2D eigenvalue weighted by atomic mass is 10.4. The van der Waals surface area contributed by atoms with Crippen LogP contribution in [-0.2, 0) is 14.8 Å². The molecule has 0 bridgehead atoms. The number of carbonyl (C=O) groups excluding carboxylic acids is 1. The van der Waals surface area contributed by atoms with Crippen LogP contribution >= 0.6 is 11.6 Å². The van der Waals surface area contributed by atoms with E-state index in [-0.39, 0.29) is 29.7 Å². The number of rotatable bonds is 6. The lowest BCUT2D eigenvalue weighted by Crippen LogP contribution is -2.28. The summed E-state index contributed by atoms with van der Waals surface area (Å²) in [5, 5.41) is 8.78. The molecule has 1 aromatic carbocycles. The van der Waals surface area contributed by atoms with E-state index < -0.39 is 10.0 Å². The fourth-order valence-corrected chi connectivity index (χ4v) is 2.81. The number of sulfonamides is 1. The lowest BCUT2D eigenvalue weighted by molar-refractivity contribution is -0.116. The molecule has 0 atom stereocenters. The Morgan fingerprint density at radius 2 is 2.19 bits per heavy atom. The Balaban J connectivity index is 1.86. The molecule has 0 aliphatic heterocycles. The topological polar surface area (TPSA) is 117 Å². The SMILES string of the molecule is O=C(CCNS(=O)(=O)c1cccc(Cl)c1)Nc1ncn[nH]1. The third-order valence-electron chi connectivity index (χ3n) is 2.42. The number of nitrogens with one attached hydrogen (secondary N) is 3. The molecule has 3 N–H and O–H groups in total. The van der Waals surface area contributed by atoms with Gasteiger partial charge in [-0.3, -0.25) is 10.1 Å². The first-order valence-electron chi connectivity index (χ1n) is 5.88. The van der Waals surface area contributed by atoms with Gasteiger partial charge in [-0.15, -0.1) is 0 Å². The largest absolute Gasteiger partial charge is 0.295 e. The maximum Gasteiger partial charge on any atom is 0.240 e. The first kappa shape index (κ1) is 15.4. The summed E-state index contributed by atoms with van der Waals surface area (Å²) < 4.78 is 26.2. The summed E-state index contributed by atoms with van der Waals surface area (Å²) in [7, 11) is -3.69. The average molecular weight is 330 g/mol. The molecule has 0 saturated carbocycles. The van der Waals surface area contributed by atoms with E-state index in [1.165, 1.54) is 24.5 Å². The van der Waals surface area contributed by atoms with Crippen LogP contribution in [0.2, 0.25) is 5.02 Å². The van der Waals surface area contributed by atoms with Crippen molar-refractivity contribution in [2.75, 3.05) is 11.9 Å². The van der Waals surface area contributed by atoms with Gasteiger partial charge in [0, 0.05) is 18.0 Å². The van der Waals surface area contributed by atoms with E-state index >= 15 is 0 Å². The highest BCUT2D eigenvalue weighted by Gasteiger charge is 2.14. The van der Waals surface area contributed by atoms with E-state index in [0.29, 0.717) is 5.02 Å². The van der Waals surface area contributed by atoms with E-state index in [1.807, 2.05) is 0 Å². The zero-order chi connectivity index (χ0) is 15.3. The van der Waals surface area contributed by atoms with Crippen molar-refractivity contribution in [2.24, 2.45) is 0 Å². The molecule has 1 aromatic heterocycles. The molecule has 1 amide bonds. The van der Waals surface area contributed by atoms with Gasteiger partial charge in [0.2, 0.25) is 21.9 Å². The molecular weight excluding hydrogens is 318 g/mol. The molecule has 2 rings (SSSR count). The summed E-state index contributed by atoms with van der Waals surface area (Å²) in [5.41, 5.74) is 0. The van der Waals surface area contributed by atoms with E-state index in [4.69, 9.17) is 11.6 Å². The van der Waals surface area contributed by atoms with Crippen LogP contribution in [0, 0.1) is 0 Å². The quantitative estimate of drug-likeness (QED) is 0.723. The molecule has 112 valence electrons. The Kier molecular flexibility index (Phi) is 4.89. The number of hydrogen-bond donors (Lipinski definition) is 3. The Labute approximate surface area is 126 Å². The predicted molar refractivity (Wildman–Crippen MR) is 76.3 cm³/mol. The van der Waals surface area contributed by atoms with Crippen molar-refractivity contribution in [3.63, 3.8) is 0 Å². The van der Waals surface area contributed by atoms with Crippen molar-refractivity contribution in [3.05, 3.63) is 35.6 Å². The number of H-pyrrole nitrogens is 1. The number of aromatic nitrogens is 3. The molecule has 8 nitrogen and oxygen atoms in total. The van der Waals surface area contributed by atoms with E-state index in [2.05, 4.69) is 25.2 Å². The number of aromatic amines is 1. The van der Waals surface area contributed by atoms with Crippen molar-refractivity contribution in [1.82, 2.24) is 19.9 Å². The first-order chi connectivity index (χ1) is 9.97. The fraction of sp³-hybridized carbons (Fsp3) is 0.182. The second-order valence-electron chi connectivity index (χ2n) is 3.99. The number of anilines is 1. The first-order valence-corrected chi connectivity index (χ1v) is 7.74. The van der Waals surface area contributed by atoms with Crippen molar-refractivity contribution in [1.29, 1.82) is 0 Å². The molecule has 1 heterocycles. The summed E-state index contributed by atoms with van der Waals surface area (Å²) in [6, 6.07) is 5.86. The number of hydrogen-bond acceptors (Lipinski definition) is 5. The van der Waals surface area contributed by atoms with Gasteiger partial charge in [0.1, 0.15) is 6.33 Å². The van der Waals surface area contributed by atoms with Crippen LogP contribution in [0.25, 0.3) is 0 Å². The highest BCUT2D eigenvalue weighted by molar-refractivity contribution is 7.89. The van der Waals surface area contributed by atoms with Gasteiger partial charge in [0.05, 0.1) is 4.90 Å². The summed E-state index contributed by atoms with van der Waals surface area (Å²) in [4.78, 5) is 15.3. The molecule has 0 radical (unpaired) electrons. The van der Waals surface area contributed by atoms with Gasteiger partial charge in [-0.25, -0.2) is 18.2 Å². The van der Waals surface area contributed by atoms with Crippen LogP contribution in [0.3, 0.4) is 0 Å². The third kappa shape index (κ3) is 4.52. The van der Waals surface area contributed by atoms with Gasteiger partial charge in [0.15, 0.2) is 0 Å². The Bertz CT molecular complexity index is 717. The molecule has 0 unspecified atom stereocenters. The minimum atomic E-state index is -3.69. The van der Waals surface area contributed by atoms with Gasteiger partial charge in [-0.2, -0.15) is 10.1 Å². The highest BCUT2D eigenvalue weighted by Crippen LogP contribution is 2.15. The second-order valence-corrected chi connectivity index (χ2v) is 6.19. The van der Waals surface area contributed by atoms with Crippen LogP contribution in [0.4, 0.5) is 5.95 Å². The number of halogens is 1. The van der Waals surface area contributed by atoms with Gasteiger partial charge < -0.3 is 0 Å². The highest BCUT2D eigenvalue weighted by atomic mass is 35.5. The van der Waals surface area contributed by atoms with Gasteiger partial charge in [-0.1, -0.05) is 17.7 Å². The maximum absolute atomic E-state index is 12.0. The average Bonchev–Trinajstić information content (AvgIpc) is 2.91. The Hall–Kier alpha value is -1.97. The minimum Gasteiger partial charge on any atom is -0.295 e. The van der Waals surface area contributed by atoms with Gasteiger partial charge >= 0.3 is 0 Å². The number of benzene rings is 1. The van der Waals surface area contributed by atoms with Crippen molar-refractivity contribution in [3.8, 4) is 0 Å². The predicted octanol–water partition coefficient (Wildman–Crippen LogP) is 0.765. The van der Waals surface area contributed by atoms with Crippen molar-refractivity contribution < 1.29 is 13.2 Å². The van der Waals surface area contributed by atoms with E-state index in [0.717, 1.165) is 0 Å². The smallest absolute Gasteiger partial charge is 0.240 e. The maximum atomic E-state index is 12.0. The van der Waals surface area contributed by atoms with Crippen molar-refractivity contribution >= 4 is 33.5 Å². The summed E-state index contributed by atoms with van der Waals surface area (Å²) >= 11 is 5.74. The molecular formula is C11H12ClN5O3S. The zero-order valence-electron chi connectivity index (χ0n) is 10.7. The molecule has 2 aromatic rings. The molecule has 0 aliphatic rings. The summed E-state index contributed by atoms with van der Waals surface area (Å²) in [5.74, 6) is -0.182. The third-order valence-corrected chi connectivity index (χ3v) is 4.12. The monoisotopic (exact) mass is 329 g/mol. The fourth-order valence-electron chi connectivity index (χ4n) is 1.48. The van der Waals surface area contributed by atoms with E-state index in [9.17, 15) is 13.2 Å². The van der Waals surface area contributed by atoms with Crippen LogP contribution in [0.5, 0.6) is 0 Å². The Morgan fingerprint density at radius 3 is 2.86 bits per heavy atom. The minimum absolute atomic E-state index is 0.0412. The molecule has 10 heteroatoms. The zero-order valence-corrected chi connectivity index (χ0v) is 12.3. The van der Waals surface area contributed by atoms with Gasteiger partial charge in [0.25, 0.3) is 0 Å². The summed E-state index contributed by atoms with van der Waals surface area (Å²) in [6.07, 6.45) is 1.21. The molecule has 0 saturated heterocycles. The lowest BCUT2D eigenvalue weighted by Gasteiger charge is -2.06. The molecule has 0 spiro atoms. The van der Waals surface area contributed by atoms with Crippen LogP contribution in [-0.4, -0.2) is 36.1 Å². The van der Waals surface area contributed by atoms with Crippen LogP contribution < -0.4 is 10.0 Å². The molecule has 0 fully saturated rings. The second kappa shape index (κ2) is 6.66. The Morgan fingerprint density at radius 1 is 1.38 bits per heavy atom. The van der Waals surface area contributed by atoms with Gasteiger partial charge in [-0.05, 0) is 18.2 Å². The normalized spacial score (nSPS) is 11.3. The van der Waals surface area contributed by atoms with Crippen LogP contribution in [0.15, 0.2) is 35.5 Å². The standard InChI is InChI=1S/C11H12ClN5O3S/c12-8-2-1-3-9(6-8)21(19,20)15-5-4-10(18)16-11-13-7-14-17-11/h1-3,6-7,15H,4-5H2,(H2,13,14,16,17,18). The molecule has 0 aliphatic carbocycles. The number of amides is 1. The van der Waals surface area contributed by atoms with Crippen LogP contribution in [0.1, 0.15) is 6.42 Å². The molecule has 21 heavy (non-hydrogen) atoms. The van der Waals surface area contributed by atoms with Crippen molar-refractivity contribution in [2.45, 2.75) is 11.3 Å². The number of carbonyl (C=O) groups is 1.